The summed E-state index contributed by atoms with van der Waals surface area (Å²) < 4.78 is 36.7. The molecule has 1 N–H and O–H groups in total. The van der Waals surface area contributed by atoms with E-state index in [4.69, 9.17) is 9.26 Å². The SMILES string of the molecule is CC(C)(C)NC(=O)c1cc(COc2c(F)cccc2F)on1. The molecule has 1 aromatic carbocycles. The van der Waals surface area contributed by atoms with Gasteiger partial charge in [0.2, 0.25) is 0 Å². The number of halogens is 2. The van der Waals surface area contributed by atoms with Crippen LogP contribution in [-0.4, -0.2) is 16.6 Å². The molecule has 118 valence electrons. The summed E-state index contributed by atoms with van der Waals surface area (Å²) in [6.45, 7) is 5.25. The molecule has 2 rings (SSSR count). The number of hydrogen-bond acceptors (Lipinski definition) is 4. The number of ether oxygens (including phenoxy) is 1. The van der Waals surface area contributed by atoms with E-state index in [0.29, 0.717) is 0 Å². The van der Waals surface area contributed by atoms with Crippen LogP contribution in [0.5, 0.6) is 5.75 Å². The van der Waals surface area contributed by atoms with E-state index in [9.17, 15) is 13.6 Å². The van der Waals surface area contributed by atoms with Gasteiger partial charge in [0.1, 0.15) is 6.61 Å². The Hall–Kier alpha value is -2.44. The van der Waals surface area contributed by atoms with Crippen molar-refractivity contribution in [2.75, 3.05) is 0 Å². The van der Waals surface area contributed by atoms with E-state index >= 15 is 0 Å². The van der Waals surface area contributed by atoms with Gasteiger partial charge in [-0.05, 0) is 32.9 Å². The fourth-order valence-corrected chi connectivity index (χ4v) is 1.66. The van der Waals surface area contributed by atoms with Crippen molar-refractivity contribution >= 4 is 5.91 Å². The van der Waals surface area contributed by atoms with Crippen LogP contribution in [0.2, 0.25) is 0 Å². The molecule has 0 aliphatic rings. The Morgan fingerprint density at radius 3 is 2.55 bits per heavy atom. The highest BCUT2D eigenvalue weighted by atomic mass is 19.1. The molecule has 22 heavy (non-hydrogen) atoms. The first-order chi connectivity index (χ1) is 10.3. The molecule has 0 unspecified atom stereocenters. The van der Waals surface area contributed by atoms with Gasteiger partial charge in [0.25, 0.3) is 5.91 Å². The molecule has 0 radical (unpaired) electrons. The summed E-state index contributed by atoms with van der Waals surface area (Å²) in [7, 11) is 0. The number of benzene rings is 1. The van der Waals surface area contributed by atoms with Crippen LogP contribution < -0.4 is 10.1 Å². The Morgan fingerprint density at radius 1 is 1.32 bits per heavy atom. The van der Waals surface area contributed by atoms with E-state index in [-0.39, 0.29) is 18.1 Å². The molecule has 0 fully saturated rings. The zero-order valence-corrected chi connectivity index (χ0v) is 12.4. The normalized spacial score (nSPS) is 11.3. The monoisotopic (exact) mass is 310 g/mol. The number of carbonyl (C=O) groups excluding carboxylic acids is 1. The van der Waals surface area contributed by atoms with E-state index in [0.717, 1.165) is 12.1 Å². The van der Waals surface area contributed by atoms with Gasteiger partial charge >= 0.3 is 0 Å². The van der Waals surface area contributed by atoms with Gasteiger partial charge < -0.3 is 14.6 Å². The predicted molar refractivity (Wildman–Crippen MR) is 74.4 cm³/mol. The summed E-state index contributed by atoms with van der Waals surface area (Å²) >= 11 is 0. The Kier molecular flexibility index (Phi) is 4.44. The number of carbonyl (C=O) groups is 1. The molecule has 0 aliphatic carbocycles. The van der Waals surface area contributed by atoms with E-state index in [1.54, 1.807) is 0 Å². The lowest BCUT2D eigenvalue weighted by Gasteiger charge is -2.19. The first-order valence-electron chi connectivity index (χ1n) is 6.61. The summed E-state index contributed by atoms with van der Waals surface area (Å²) in [6, 6.07) is 4.77. The number of para-hydroxylation sites is 1. The fraction of sp³-hybridized carbons (Fsp3) is 0.333. The predicted octanol–water partition coefficient (Wildman–Crippen LogP) is 3.06. The second-order valence-corrected chi connectivity index (χ2v) is 5.72. The number of rotatable bonds is 4. The molecule has 0 aliphatic heterocycles. The zero-order chi connectivity index (χ0) is 16.3. The van der Waals surface area contributed by atoms with Crippen molar-refractivity contribution in [1.29, 1.82) is 0 Å². The maximum Gasteiger partial charge on any atom is 0.273 e. The van der Waals surface area contributed by atoms with Gasteiger partial charge in [0.15, 0.2) is 28.8 Å². The minimum Gasteiger partial charge on any atom is -0.479 e. The van der Waals surface area contributed by atoms with E-state index in [2.05, 4.69) is 10.5 Å². The Bertz CT molecular complexity index is 657. The molecule has 0 saturated carbocycles. The van der Waals surface area contributed by atoms with Gasteiger partial charge in [-0.1, -0.05) is 11.2 Å². The highest BCUT2D eigenvalue weighted by molar-refractivity contribution is 5.92. The van der Waals surface area contributed by atoms with Crippen molar-refractivity contribution in [2.24, 2.45) is 0 Å². The lowest BCUT2D eigenvalue weighted by Crippen LogP contribution is -2.40. The van der Waals surface area contributed by atoms with Crippen molar-refractivity contribution in [3.8, 4) is 5.75 Å². The molecular formula is C15H16F2N2O3. The van der Waals surface area contributed by atoms with Crippen molar-refractivity contribution < 1.29 is 22.8 Å². The third kappa shape index (κ3) is 4.03. The highest BCUT2D eigenvalue weighted by Gasteiger charge is 2.19. The number of nitrogens with one attached hydrogen (secondary N) is 1. The second-order valence-electron chi connectivity index (χ2n) is 5.72. The Balaban J connectivity index is 2.02. The molecule has 5 nitrogen and oxygen atoms in total. The summed E-state index contributed by atoms with van der Waals surface area (Å²) in [5.74, 6) is -2.35. The summed E-state index contributed by atoms with van der Waals surface area (Å²) in [5.41, 5.74) is -0.342. The van der Waals surface area contributed by atoms with Crippen molar-refractivity contribution in [3.05, 3.63) is 47.4 Å². The Morgan fingerprint density at radius 2 is 1.95 bits per heavy atom. The minimum atomic E-state index is -0.815. The summed E-state index contributed by atoms with van der Waals surface area (Å²) in [4.78, 5) is 11.9. The average molecular weight is 310 g/mol. The fourth-order valence-electron chi connectivity index (χ4n) is 1.66. The van der Waals surface area contributed by atoms with Gasteiger partial charge in [-0.3, -0.25) is 4.79 Å². The standard InChI is InChI=1S/C15H16F2N2O3/c1-15(2,3)18-14(20)12-7-9(22-19-12)8-21-13-10(16)5-4-6-11(13)17/h4-7H,8H2,1-3H3,(H,18,20). The lowest BCUT2D eigenvalue weighted by molar-refractivity contribution is 0.0910. The van der Waals surface area contributed by atoms with Crippen LogP contribution in [0.3, 0.4) is 0 Å². The first-order valence-corrected chi connectivity index (χ1v) is 6.61. The van der Waals surface area contributed by atoms with Crippen LogP contribution >= 0.6 is 0 Å². The van der Waals surface area contributed by atoms with Crippen LogP contribution in [0, 0.1) is 11.6 Å². The minimum absolute atomic E-state index is 0.0718. The molecule has 0 spiro atoms. The largest absolute Gasteiger partial charge is 0.479 e. The molecule has 0 bridgehead atoms. The van der Waals surface area contributed by atoms with Crippen molar-refractivity contribution in [1.82, 2.24) is 10.5 Å². The highest BCUT2D eigenvalue weighted by Crippen LogP contribution is 2.22. The van der Waals surface area contributed by atoms with Crippen LogP contribution in [-0.2, 0) is 6.61 Å². The van der Waals surface area contributed by atoms with Crippen LogP contribution in [0.15, 0.2) is 28.8 Å². The third-order valence-corrected chi connectivity index (χ3v) is 2.56. The molecule has 2 aromatic rings. The maximum absolute atomic E-state index is 13.4. The molecule has 0 atom stereocenters. The van der Waals surface area contributed by atoms with Gasteiger partial charge in [-0.25, -0.2) is 8.78 Å². The molecule has 7 heteroatoms. The van der Waals surface area contributed by atoms with Crippen LogP contribution in [0.4, 0.5) is 8.78 Å². The second kappa shape index (κ2) is 6.13. The maximum atomic E-state index is 13.4. The van der Waals surface area contributed by atoms with Gasteiger partial charge in [-0.15, -0.1) is 0 Å². The number of nitrogens with zero attached hydrogens (tertiary/aromatic N) is 1. The smallest absolute Gasteiger partial charge is 0.273 e. The molecule has 0 saturated heterocycles. The van der Waals surface area contributed by atoms with Gasteiger partial charge in [0.05, 0.1) is 0 Å². The topological polar surface area (TPSA) is 64.4 Å². The number of aromatic nitrogens is 1. The third-order valence-electron chi connectivity index (χ3n) is 2.56. The van der Waals surface area contributed by atoms with E-state index < -0.39 is 28.8 Å². The molecular weight excluding hydrogens is 294 g/mol. The first kappa shape index (κ1) is 15.9. The quantitative estimate of drug-likeness (QED) is 0.942. The zero-order valence-electron chi connectivity index (χ0n) is 12.4. The van der Waals surface area contributed by atoms with E-state index in [1.807, 2.05) is 20.8 Å². The number of amides is 1. The van der Waals surface area contributed by atoms with Crippen LogP contribution in [0.1, 0.15) is 37.0 Å². The molecule has 1 aromatic heterocycles. The molecule has 1 heterocycles. The summed E-state index contributed by atoms with van der Waals surface area (Å²) in [6.07, 6.45) is 0. The van der Waals surface area contributed by atoms with Crippen molar-refractivity contribution in [2.45, 2.75) is 32.9 Å². The van der Waals surface area contributed by atoms with Gasteiger partial charge in [-0.2, -0.15) is 0 Å². The Labute approximate surface area is 126 Å². The van der Waals surface area contributed by atoms with Gasteiger partial charge in [0, 0.05) is 11.6 Å². The number of hydrogen-bond donors (Lipinski definition) is 1. The van der Waals surface area contributed by atoms with E-state index in [1.165, 1.54) is 12.1 Å². The lowest BCUT2D eigenvalue weighted by atomic mass is 10.1. The average Bonchev–Trinajstić information content (AvgIpc) is 2.85. The van der Waals surface area contributed by atoms with Crippen LogP contribution in [0.25, 0.3) is 0 Å². The molecule has 1 amide bonds. The van der Waals surface area contributed by atoms with Crippen molar-refractivity contribution in [3.63, 3.8) is 0 Å². The summed E-state index contributed by atoms with van der Waals surface area (Å²) in [5, 5.41) is 6.32.